The van der Waals surface area contributed by atoms with E-state index in [0.717, 1.165) is 13.0 Å². The summed E-state index contributed by atoms with van der Waals surface area (Å²) in [5.41, 5.74) is 2.93. The van der Waals surface area contributed by atoms with Crippen LogP contribution >= 0.6 is 0 Å². The van der Waals surface area contributed by atoms with Crippen LogP contribution in [0.25, 0.3) is 0 Å². The smallest absolute Gasteiger partial charge is 0.333 e. The summed E-state index contributed by atoms with van der Waals surface area (Å²) in [7, 11) is 0. The van der Waals surface area contributed by atoms with Crippen molar-refractivity contribution in [2.24, 2.45) is 11.1 Å². The molecule has 0 saturated carbocycles. The van der Waals surface area contributed by atoms with Crippen molar-refractivity contribution in [2.75, 3.05) is 0 Å². The van der Waals surface area contributed by atoms with Gasteiger partial charge in [0.1, 0.15) is 11.2 Å². The minimum atomic E-state index is -1.84. The molecule has 0 heterocycles. The maximum absolute atomic E-state index is 13.3. The molecule has 0 amide bonds. The van der Waals surface area contributed by atoms with E-state index in [9.17, 15) is 14.0 Å². The molecule has 1 rings (SSSR count). The molecule has 0 fully saturated rings. The molecule has 1 atom stereocenters. The summed E-state index contributed by atoms with van der Waals surface area (Å²) in [6, 6.07) is 0. The van der Waals surface area contributed by atoms with Crippen molar-refractivity contribution in [3.8, 4) is 0 Å². The molecule has 0 saturated heterocycles. The third-order valence-corrected chi connectivity index (χ3v) is 2.42. The van der Waals surface area contributed by atoms with Crippen LogP contribution in [0.2, 0.25) is 0 Å². The van der Waals surface area contributed by atoms with E-state index in [1.54, 1.807) is 0 Å². The predicted octanol–water partition coefficient (Wildman–Crippen LogP) is 0.632. The van der Waals surface area contributed by atoms with Crippen LogP contribution in [0.3, 0.4) is 0 Å². The number of hydrogen-bond donors (Lipinski definition) is 3. The van der Waals surface area contributed by atoms with E-state index >= 15 is 0 Å². The molecule has 0 bridgehead atoms. The second-order valence-corrected chi connectivity index (χ2v) is 3.55. The highest BCUT2D eigenvalue weighted by atomic mass is 19.1. The lowest BCUT2D eigenvalue weighted by Gasteiger charge is -2.27. The first-order valence-corrected chi connectivity index (χ1v) is 4.12. The average molecular weight is 215 g/mol. The molecule has 6 heteroatoms. The summed E-state index contributed by atoms with van der Waals surface area (Å²) >= 11 is 0. The van der Waals surface area contributed by atoms with Crippen molar-refractivity contribution < 1.29 is 24.2 Å². The van der Waals surface area contributed by atoms with Crippen LogP contribution in [-0.4, -0.2) is 22.2 Å². The van der Waals surface area contributed by atoms with Crippen molar-refractivity contribution in [2.45, 2.75) is 13.3 Å². The quantitative estimate of drug-likeness (QED) is 0.627. The molecule has 1 aliphatic carbocycles. The Balaban J connectivity index is 3.23. The monoisotopic (exact) mass is 215 g/mol. The standard InChI is InChI=1S/C9H10FNO4/c1-9(8(14)15)3-4(7(12)13)5(11)2-6(9)10/h2H,3,11H2,1H3,(H,12,13)(H,14,15). The maximum atomic E-state index is 13.3. The fourth-order valence-corrected chi connectivity index (χ4v) is 1.30. The van der Waals surface area contributed by atoms with Crippen molar-refractivity contribution >= 4 is 11.9 Å². The van der Waals surface area contributed by atoms with Gasteiger partial charge in [-0.3, -0.25) is 4.79 Å². The van der Waals surface area contributed by atoms with Crippen molar-refractivity contribution in [3.05, 3.63) is 23.2 Å². The third kappa shape index (κ3) is 1.70. The second kappa shape index (κ2) is 3.38. The van der Waals surface area contributed by atoms with E-state index in [1.165, 1.54) is 0 Å². The molecule has 5 nitrogen and oxygen atoms in total. The van der Waals surface area contributed by atoms with Crippen LogP contribution < -0.4 is 5.73 Å². The Kier molecular flexibility index (Phi) is 2.53. The van der Waals surface area contributed by atoms with E-state index in [0.29, 0.717) is 0 Å². The Morgan fingerprint density at radius 1 is 1.53 bits per heavy atom. The van der Waals surface area contributed by atoms with E-state index in [2.05, 4.69) is 0 Å². The highest BCUT2D eigenvalue weighted by molar-refractivity contribution is 5.91. The number of aliphatic carboxylic acids is 2. The number of rotatable bonds is 2. The largest absolute Gasteiger partial charge is 0.481 e. The Bertz CT molecular complexity index is 399. The van der Waals surface area contributed by atoms with Gasteiger partial charge in [-0.2, -0.15) is 0 Å². The number of carbonyl (C=O) groups is 2. The highest BCUT2D eigenvalue weighted by Gasteiger charge is 2.43. The Hall–Kier alpha value is -1.85. The summed E-state index contributed by atoms with van der Waals surface area (Å²) in [6.45, 7) is 1.12. The molecular weight excluding hydrogens is 205 g/mol. The van der Waals surface area contributed by atoms with Crippen LogP contribution in [0.5, 0.6) is 0 Å². The topological polar surface area (TPSA) is 101 Å². The number of halogens is 1. The van der Waals surface area contributed by atoms with E-state index < -0.39 is 29.6 Å². The van der Waals surface area contributed by atoms with Gasteiger partial charge in [-0.05, 0) is 13.0 Å². The Morgan fingerprint density at radius 2 is 2.07 bits per heavy atom. The molecule has 1 unspecified atom stereocenters. The van der Waals surface area contributed by atoms with Gasteiger partial charge in [-0.15, -0.1) is 0 Å². The molecule has 1 aliphatic rings. The first-order valence-electron chi connectivity index (χ1n) is 4.12. The summed E-state index contributed by atoms with van der Waals surface area (Å²) < 4.78 is 13.3. The van der Waals surface area contributed by atoms with Gasteiger partial charge in [0.25, 0.3) is 0 Å². The van der Waals surface area contributed by atoms with Crippen molar-refractivity contribution in [1.29, 1.82) is 0 Å². The lowest BCUT2D eigenvalue weighted by Crippen LogP contribution is -2.33. The minimum absolute atomic E-state index is 0.237. The normalized spacial score (nSPS) is 26.1. The second-order valence-electron chi connectivity index (χ2n) is 3.55. The maximum Gasteiger partial charge on any atom is 0.333 e. The number of carboxylic acid groups (broad SMARTS) is 2. The number of nitrogens with two attached hydrogens (primary N) is 1. The number of carboxylic acids is 2. The van der Waals surface area contributed by atoms with Gasteiger partial charge in [0, 0.05) is 12.1 Å². The van der Waals surface area contributed by atoms with Crippen molar-refractivity contribution in [1.82, 2.24) is 0 Å². The zero-order valence-electron chi connectivity index (χ0n) is 7.95. The fraction of sp³-hybridized carbons (Fsp3) is 0.333. The highest BCUT2D eigenvalue weighted by Crippen LogP contribution is 2.39. The summed E-state index contributed by atoms with van der Waals surface area (Å²) in [4.78, 5) is 21.5. The Morgan fingerprint density at radius 3 is 2.47 bits per heavy atom. The number of hydrogen-bond acceptors (Lipinski definition) is 3. The summed E-state index contributed by atoms with van der Waals surface area (Å²) in [5.74, 6) is -3.68. The van der Waals surface area contributed by atoms with E-state index in [4.69, 9.17) is 15.9 Å². The van der Waals surface area contributed by atoms with E-state index in [1.807, 2.05) is 0 Å². The van der Waals surface area contributed by atoms with Gasteiger partial charge < -0.3 is 15.9 Å². The molecule has 0 aliphatic heterocycles. The third-order valence-electron chi connectivity index (χ3n) is 2.42. The lowest BCUT2D eigenvalue weighted by molar-refractivity contribution is -0.146. The zero-order chi connectivity index (χ0) is 11.8. The summed E-state index contributed by atoms with van der Waals surface area (Å²) in [5, 5.41) is 17.5. The van der Waals surface area contributed by atoms with Gasteiger partial charge in [0.05, 0.1) is 5.57 Å². The van der Waals surface area contributed by atoms with Gasteiger partial charge in [0.2, 0.25) is 0 Å². The van der Waals surface area contributed by atoms with Crippen LogP contribution in [0.4, 0.5) is 4.39 Å². The number of allylic oxidation sites excluding steroid dienone is 1. The fourth-order valence-electron chi connectivity index (χ4n) is 1.30. The molecule has 0 aromatic carbocycles. The molecule has 0 aromatic rings. The van der Waals surface area contributed by atoms with Crippen LogP contribution in [0, 0.1) is 5.41 Å². The first-order chi connectivity index (χ1) is 6.79. The predicted molar refractivity (Wildman–Crippen MR) is 48.4 cm³/mol. The van der Waals surface area contributed by atoms with Gasteiger partial charge in [0.15, 0.2) is 0 Å². The van der Waals surface area contributed by atoms with Crippen LogP contribution in [0.15, 0.2) is 23.2 Å². The minimum Gasteiger partial charge on any atom is -0.481 e. The molecule has 4 N–H and O–H groups in total. The van der Waals surface area contributed by atoms with Gasteiger partial charge >= 0.3 is 11.9 Å². The molecule has 0 spiro atoms. The molecule has 15 heavy (non-hydrogen) atoms. The van der Waals surface area contributed by atoms with Gasteiger partial charge in [-0.1, -0.05) is 0 Å². The molecule has 82 valence electrons. The summed E-state index contributed by atoms with van der Waals surface area (Å²) in [6.07, 6.45) is 0.299. The molecular formula is C9H10FNO4. The Labute approximate surface area is 84.7 Å². The van der Waals surface area contributed by atoms with Gasteiger partial charge in [-0.25, -0.2) is 9.18 Å². The molecule has 0 aromatic heterocycles. The van der Waals surface area contributed by atoms with Crippen LogP contribution in [0.1, 0.15) is 13.3 Å². The van der Waals surface area contributed by atoms with Crippen LogP contribution in [-0.2, 0) is 9.59 Å². The SMILES string of the molecule is CC1(C(=O)O)CC(C(=O)O)=C(N)C=C1F. The van der Waals surface area contributed by atoms with Crippen molar-refractivity contribution in [3.63, 3.8) is 0 Å². The lowest BCUT2D eigenvalue weighted by atomic mass is 9.78. The van der Waals surface area contributed by atoms with E-state index in [-0.39, 0.29) is 11.3 Å². The average Bonchev–Trinajstić information content (AvgIpc) is 2.10. The molecule has 0 radical (unpaired) electrons. The first kappa shape index (κ1) is 11.2. The zero-order valence-corrected chi connectivity index (χ0v) is 7.95.